The van der Waals surface area contributed by atoms with Crippen LogP contribution in [0.15, 0.2) is 18.3 Å². The summed E-state index contributed by atoms with van der Waals surface area (Å²) in [6.45, 7) is 4.65. The van der Waals surface area contributed by atoms with Crippen molar-refractivity contribution in [3.05, 3.63) is 40.7 Å². The monoisotopic (exact) mass is 355 g/mol. The van der Waals surface area contributed by atoms with E-state index in [1.54, 1.807) is 7.11 Å². The lowest BCUT2D eigenvalue weighted by atomic mass is 9.96. The van der Waals surface area contributed by atoms with Crippen LogP contribution in [0.3, 0.4) is 0 Å². The molecular weight excluding hydrogens is 326 g/mol. The lowest BCUT2D eigenvalue weighted by molar-refractivity contribution is 0.163. The average Bonchev–Trinajstić information content (AvgIpc) is 3.31. The number of ether oxygens (including phenoxy) is 1. The molecule has 0 spiro atoms. The summed E-state index contributed by atoms with van der Waals surface area (Å²) in [7, 11) is 1.79. The number of nitrogens with two attached hydrogens (primary N) is 1. The third-order valence-corrected chi connectivity index (χ3v) is 5.84. The molecule has 1 aliphatic carbocycles. The summed E-state index contributed by atoms with van der Waals surface area (Å²) < 4.78 is 7.62. The van der Waals surface area contributed by atoms with E-state index in [2.05, 4.69) is 27.3 Å². The van der Waals surface area contributed by atoms with E-state index >= 15 is 0 Å². The lowest BCUT2D eigenvalue weighted by Crippen LogP contribution is -2.34. The minimum atomic E-state index is 0.459. The Morgan fingerprint density at radius 1 is 1.19 bits per heavy atom. The average molecular weight is 355 g/mol. The molecule has 26 heavy (non-hydrogen) atoms. The summed E-state index contributed by atoms with van der Waals surface area (Å²) in [4.78, 5) is 2.56. The molecule has 0 radical (unpaired) electrons. The summed E-state index contributed by atoms with van der Waals surface area (Å²) in [5.41, 5.74) is 10.8. The first-order chi connectivity index (χ1) is 12.7. The van der Waals surface area contributed by atoms with Crippen LogP contribution in [-0.4, -0.2) is 40.1 Å². The third-order valence-electron chi connectivity index (χ3n) is 5.84. The van der Waals surface area contributed by atoms with Crippen LogP contribution in [0.5, 0.6) is 5.75 Å². The fourth-order valence-electron chi connectivity index (χ4n) is 4.32. The van der Waals surface area contributed by atoms with E-state index in [1.165, 1.54) is 48.8 Å². The molecule has 2 heterocycles. The highest BCUT2D eigenvalue weighted by Gasteiger charge is 2.22. The zero-order valence-electron chi connectivity index (χ0n) is 15.7. The van der Waals surface area contributed by atoms with Gasteiger partial charge in [0.15, 0.2) is 0 Å². The number of nitrogens with zero attached hydrogens (tertiary/aromatic N) is 4. The van der Waals surface area contributed by atoms with Crippen LogP contribution in [0, 0.1) is 5.92 Å². The van der Waals surface area contributed by atoms with E-state index in [-0.39, 0.29) is 0 Å². The molecule has 4 rings (SSSR count). The molecule has 140 valence electrons. The largest absolute Gasteiger partial charge is 0.496 e. The van der Waals surface area contributed by atoms with Crippen molar-refractivity contribution in [1.82, 2.24) is 19.9 Å². The molecule has 1 aliphatic heterocycles. The number of benzene rings is 1. The minimum Gasteiger partial charge on any atom is -0.496 e. The van der Waals surface area contributed by atoms with Crippen molar-refractivity contribution in [2.24, 2.45) is 11.7 Å². The topological polar surface area (TPSA) is 69.2 Å². The van der Waals surface area contributed by atoms with Crippen molar-refractivity contribution >= 4 is 0 Å². The van der Waals surface area contributed by atoms with E-state index < -0.39 is 0 Å². The minimum absolute atomic E-state index is 0.459. The Labute approximate surface area is 155 Å². The highest BCUT2D eigenvalue weighted by Crippen LogP contribution is 2.31. The lowest BCUT2D eigenvalue weighted by Gasteiger charge is -2.32. The van der Waals surface area contributed by atoms with Gasteiger partial charge in [0.25, 0.3) is 0 Å². The molecule has 6 heteroatoms. The first kappa shape index (κ1) is 17.5. The molecule has 0 amide bonds. The maximum Gasteiger partial charge on any atom is 0.123 e. The molecule has 2 aliphatic rings. The van der Waals surface area contributed by atoms with Gasteiger partial charge in [-0.25, -0.2) is 0 Å². The maximum absolute atomic E-state index is 5.67. The predicted octanol–water partition coefficient (Wildman–Crippen LogP) is 2.15. The van der Waals surface area contributed by atoms with Crippen molar-refractivity contribution < 1.29 is 4.74 Å². The number of piperidine rings is 1. The molecule has 1 aromatic carbocycles. The summed E-state index contributed by atoms with van der Waals surface area (Å²) in [6, 6.07) is 4.65. The van der Waals surface area contributed by atoms with Gasteiger partial charge in [-0.2, -0.15) is 0 Å². The van der Waals surface area contributed by atoms with Crippen LogP contribution >= 0.6 is 0 Å². The SMILES string of the molecule is COc1cc2c(cc1CN1CCC(Cn3cc(CN)nn3)CC1)CCC2. The van der Waals surface area contributed by atoms with Gasteiger partial charge in [0.05, 0.1) is 12.8 Å². The van der Waals surface area contributed by atoms with E-state index in [1.807, 2.05) is 10.9 Å². The van der Waals surface area contributed by atoms with Gasteiger partial charge in [-0.15, -0.1) is 5.10 Å². The normalized spacial score (nSPS) is 18.2. The molecule has 0 unspecified atom stereocenters. The van der Waals surface area contributed by atoms with E-state index in [0.29, 0.717) is 12.5 Å². The number of methoxy groups -OCH3 is 1. The van der Waals surface area contributed by atoms with E-state index in [0.717, 1.165) is 37.6 Å². The molecule has 6 nitrogen and oxygen atoms in total. The molecule has 0 saturated carbocycles. The predicted molar refractivity (Wildman–Crippen MR) is 101 cm³/mol. The van der Waals surface area contributed by atoms with Crippen molar-refractivity contribution in [1.29, 1.82) is 0 Å². The van der Waals surface area contributed by atoms with Crippen LogP contribution in [0.2, 0.25) is 0 Å². The first-order valence-corrected chi connectivity index (χ1v) is 9.75. The third kappa shape index (κ3) is 3.76. The van der Waals surface area contributed by atoms with Crippen LogP contribution in [0.4, 0.5) is 0 Å². The Morgan fingerprint density at radius 3 is 2.65 bits per heavy atom. The molecule has 2 N–H and O–H groups in total. The fraction of sp³-hybridized carbons (Fsp3) is 0.600. The van der Waals surface area contributed by atoms with Crippen LogP contribution < -0.4 is 10.5 Å². The number of hydrogen-bond donors (Lipinski definition) is 1. The Kier molecular flexibility index (Phi) is 5.22. The number of aryl methyl sites for hydroxylation is 2. The Morgan fingerprint density at radius 2 is 1.96 bits per heavy atom. The second-order valence-corrected chi connectivity index (χ2v) is 7.64. The Bertz CT molecular complexity index is 749. The zero-order valence-corrected chi connectivity index (χ0v) is 15.7. The molecule has 1 aromatic heterocycles. The highest BCUT2D eigenvalue weighted by atomic mass is 16.5. The standard InChI is InChI=1S/C20H29N5O/c1-26-20-10-17-4-2-3-16(17)9-18(20)13-24-7-5-15(6-8-24)12-25-14-19(11-21)22-23-25/h9-10,14-15H,2-8,11-13,21H2,1H3. The van der Waals surface area contributed by atoms with Crippen molar-refractivity contribution in [3.63, 3.8) is 0 Å². The van der Waals surface area contributed by atoms with Gasteiger partial charge >= 0.3 is 0 Å². The fourth-order valence-corrected chi connectivity index (χ4v) is 4.32. The molecule has 0 bridgehead atoms. The van der Waals surface area contributed by atoms with Crippen molar-refractivity contribution in [3.8, 4) is 5.75 Å². The molecule has 0 atom stereocenters. The number of fused-ring (bicyclic) bond motifs is 1. The van der Waals surface area contributed by atoms with Crippen molar-refractivity contribution in [2.75, 3.05) is 20.2 Å². The Balaban J connectivity index is 1.34. The summed E-state index contributed by atoms with van der Waals surface area (Å²) in [5.74, 6) is 1.73. The summed E-state index contributed by atoms with van der Waals surface area (Å²) in [6.07, 6.45) is 8.07. The van der Waals surface area contributed by atoms with Crippen LogP contribution in [0.25, 0.3) is 0 Å². The maximum atomic E-state index is 5.67. The molecular formula is C20H29N5O. The van der Waals surface area contributed by atoms with Crippen molar-refractivity contribution in [2.45, 2.75) is 51.7 Å². The first-order valence-electron chi connectivity index (χ1n) is 9.75. The zero-order chi connectivity index (χ0) is 17.9. The van der Waals surface area contributed by atoms with E-state index in [4.69, 9.17) is 10.5 Å². The number of likely N-dealkylation sites (tertiary alicyclic amines) is 1. The van der Waals surface area contributed by atoms with Crippen LogP contribution in [-0.2, 0) is 32.5 Å². The van der Waals surface area contributed by atoms with Gasteiger partial charge in [-0.1, -0.05) is 11.3 Å². The summed E-state index contributed by atoms with van der Waals surface area (Å²) >= 11 is 0. The number of hydrogen-bond acceptors (Lipinski definition) is 5. The highest BCUT2D eigenvalue weighted by molar-refractivity contribution is 5.44. The van der Waals surface area contributed by atoms with Gasteiger partial charge in [0.1, 0.15) is 5.75 Å². The van der Waals surface area contributed by atoms with Gasteiger partial charge in [0.2, 0.25) is 0 Å². The van der Waals surface area contributed by atoms with E-state index in [9.17, 15) is 0 Å². The molecule has 1 saturated heterocycles. The number of rotatable bonds is 6. The second kappa shape index (κ2) is 7.76. The quantitative estimate of drug-likeness (QED) is 0.860. The second-order valence-electron chi connectivity index (χ2n) is 7.64. The van der Waals surface area contributed by atoms with Gasteiger partial charge in [-0.05, 0) is 68.3 Å². The van der Waals surface area contributed by atoms with Gasteiger partial charge < -0.3 is 10.5 Å². The molecule has 1 fully saturated rings. The van der Waals surface area contributed by atoms with Crippen LogP contribution in [0.1, 0.15) is 41.6 Å². The smallest absolute Gasteiger partial charge is 0.123 e. The van der Waals surface area contributed by atoms with Gasteiger partial charge in [-0.3, -0.25) is 9.58 Å². The van der Waals surface area contributed by atoms with Gasteiger partial charge in [0, 0.05) is 31.4 Å². The Hall–Kier alpha value is -1.92. The molecule has 2 aromatic rings. The number of aromatic nitrogens is 3. The summed E-state index contributed by atoms with van der Waals surface area (Å²) in [5, 5.41) is 8.26.